The van der Waals surface area contributed by atoms with Crippen LogP contribution < -0.4 is 5.32 Å². The van der Waals surface area contributed by atoms with E-state index in [0.717, 1.165) is 11.1 Å². The molecule has 1 aliphatic heterocycles. The highest BCUT2D eigenvalue weighted by atomic mass is 16.3. The highest BCUT2D eigenvalue weighted by molar-refractivity contribution is 6.09. The molecule has 2 N–H and O–H groups in total. The third-order valence-electron chi connectivity index (χ3n) is 4.11. The molecular formula is C18H17NO3. The number of ketones is 1. The lowest BCUT2D eigenvalue weighted by atomic mass is 9.86. The smallest absolute Gasteiger partial charge is 0.261 e. The van der Waals surface area contributed by atoms with Gasteiger partial charge in [0.15, 0.2) is 11.4 Å². The maximum absolute atomic E-state index is 12.5. The van der Waals surface area contributed by atoms with Crippen molar-refractivity contribution in [3.8, 4) is 0 Å². The maximum atomic E-state index is 12.5. The van der Waals surface area contributed by atoms with Crippen LogP contribution in [0.25, 0.3) is 0 Å². The minimum absolute atomic E-state index is 0.245. The number of benzene rings is 2. The third-order valence-corrected chi connectivity index (χ3v) is 4.11. The second kappa shape index (κ2) is 5.07. The molecule has 3 rings (SSSR count). The van der Waals surface area contributed by atoms with Crippen molar-refractivity contribution < 1.29 is 14.7 Å². The Morgan fingerprint density at radius 3 is 2.64 bits per heavy atom. The quantitative estimate of drug-likeness (QED) is 0.856. The molecule has 112 valence electrons. The van der Waals surface area contributed by atoms with E-state index >= 15 is 0 Å². The highest BCUT2D eigenvalue weighted by Gasteiger charge is 2.46. The molecular weight excluding hydrogens is 278 g/mol. The van der Waals surface area contributed by atoms with Crippen molar-refractivity contribution in [1.82, 2.24) is 0 Å². The zero-order valence-corrected chi connectivity index (χ0v) is 12.5. The van der Waals surface area contributed by atoms with Gasteiger partial charge in [0.25, 0.3) is 5.91 Å². The molecule has 1 unspecified atom stereocenters. The number of fused-ring (bicyclic) bond motifs is 1. The number of amides is 1. The minimum atomic E-state index is -1.80. The number of aryl methyl sites for hydroxylation is 2. The SMILES string of the molecule is Cc1ccc2c(c1)C(O)(CC(=O)c1ccccc1C)C(=O)N2. The second-order valence-electron chi connectivity index (χ2n) is 5.78. The second-order valence-corrected chi connectivity index (χ2v) is 5.78. The summed E-state index contributed by atoms with van der Waals surface area (Å²) in [6, 6.07) is 12.5. The van der Waals surface area contributed by atoms with E-state index in [1.807, 2.05) is 32.0 Å². The first-order valence-corrected chi connectivity index (χ1v) is 7.15. The number of carbonyl (C=O) groups is 2. The Bertz CT molecular complexity index is 782. The van der Waals surface area contributed by atoms with Crippen LogP contribution in [0.2, 0.25) is 0 Å². The van der Waals surface area contributed by atoms with Gasteiger partial charge in [0, 0.05) is 16.8 Å². The molecule has 1 heterocycles. The van der Waals surface area contributed by atoms with Gasteiger partial charge >= 0.3 is 0 Å². The molecule has 0 spiro atoms. The summed E-state index contributed by atoms with van der Waals surface area (Å²) in [7, 11) is 0. The predicted molar refractivity (Wildman–Crippen MR) is 83.8 cm³/mol. The number of hydrogen-bond donors (Lipinski definition) is 2. The Morgan fingerprint density at radius 2 is 1.91 bits per heavy atom. The molecule has 2 aromatic rings. The van der Waals surface area contributed by atoms with Gasteiger partial charge in [-0.2, -0.15) is 0 Å². The van der Waals surface area contributed by atoms with Gasteiger partial charge in [-0.05, 0) is 25.5 Å². The number of Topliss-reactive ketones (excluding diaryl/α,β-unsaturated/α-hetero) is 1. The van der Waals surface area contributed by atoms with E-state index < -0.39 is 11.5 Å². The van der Waals surface area contributed by atoms with Crippen LogP contribution in [0, 0.1) is 13.8 Å². The first-order valence-electron chi connectivity index (χ1n) is 7.15. The van der Waals surface area contributed by atoms with Crippen LogP contribution in [-0.2, 0) is 10.4 Å². The van der Waals surface area contributed by atoms with Crippen molar-refractivity contribution in [2.45, 2.75) is 25.9 Å². The Hall–Kier alpha value is -2.46. The van der Waals surface area contributed by atoms with Gasteiger partial charge in [0.1, 0.15) is 0 Å². The van der Waals surface area contributed by atoms with E-state index in [1.54, 1.807) is 24.3 Å². The average molecular weight is 295 g/mol. The molecule has 1 atom stereocenters. The average Bonchev–Trinajstić information content (AvgIpc) is 2.71. The lowest BCUT2D eigenvalue weighted by Crippen LogP contribution is -2.36. The summed E-state index contributed by atoms with van der Waals surface area (Å²) in [6.07, 6.45) is -0.264. The molecule has 0 aromatic heterocycles. The van der Waals surface area contributed by atoms with E-state index in [0.29, 0.717) is 16.8 Å². The summed E-state index contributed by atoms with van der Waals surface area (Å²) in [5, 5.41) is 13.5. The first-order chi connectivity index (χ1) is 10.4. The predicted octanol–water partition coefficient (Wildman–Crippen LogP) is 2.72. The molecule has 0 saturated heterocycles. The van der Waals surface area contributed by atoms with Gasteiger partial charge in [0.2, 0.25) is 0 Å². The van der Waals surface area contributed by atoms with Crippen LogP contribution in [0.4, 0.5) is 5.69 Å². The van der Waals surface area contributed by atoms with Gasteiger partial charge in [-0.15, -0.1) is 0 Å². The number of nitrogens with one attached hydrogen (secondary N) is 1. The van der Waals surface area contributed by atoms with E-state index in [9.17, 15) is 14.7 Å². The summed E-state index contributed by atoms with van der Waals surface area (Å²) in [4.78, 5) is 24.7. The van der Waals surface area contributed by atoms with Crippen LogP contribution in [0.3, 0.4) is 0 Å². The zero-order valence-electron chi connectivity index (χ0n) is 12.5. The van der Waals surface area contributed by atoms with Crippen molar-refractivity contribution in [2.75, 3.05) is 5.32 Å². The van der Waals surface area contributed by atoms with E-state index in [1.165, 1.54) is 0 Å². The molecule has 22 heavy (non-hydrogen) atoms. The van der Waals surface area contributed by atoms with Gasteiger partial charge < -0.3 is 10.4 Å². The topological polar surface area (TPSA) is 66.4 Å². The Labute approximate surface area is 128 Å². The van der Waals surface area contributed by atoms with Crippen molar-refractivity contribution in [3.05, 3.63) is 64.7 Å². The van der Waals surface area contributed by atoms with E-state index in [4.69, 9.17) is 0 Å². The number of hydrogen-bond acceptors (Lipinski definition) is 3. The number of aliphatic hydroxyl groups is 1. The molecule has 2 aromatic carbocycles. The van der Waals surface area contributed by atoms with E-state index in [2.05, 4.69) is 5.32 Å². The summed E-state index contributed by atoms with van der Waals surface area (Å²) in [5.74, 6) is -0.792. The molecule has 0 fully saturated rings. The molecule has 4 nitrogen and oxygen atoms in total. The monoisotopic (exact) mass is 295 g/mol. The molecule has 4 heteroatoms. The summed E-state index contributed by atoms with van der Waals surface area (Å²) in [6.45, 7) is 3.72. The maximum Gasteiger partial charge on any atom is 0.261 e. The van der Waals surface area contributed by atoms with Crippen LogP contribution in [0.5, 0.6) is 0 Å². The van der Waals surface area contributed by atoms with Gasteiger partial charge in [0.05, 0.1) is 6.42 Å². The number of carbonyl (C=O) groups excluding carboxylic acids is 2. The zero-order chi connectivity index (χ0) is 15.9. The minimum Gasteiger partial charge on any atom is -0.375 e. The van der Waals surface area contributed by atoms with E-state index in [-0.39, 0.29) is 12.2 Å². The molecule has 0 aliphatic carbocycles. The van der Waals surface area contributed by atoms with Gasteiger partial charge in [-0.3, -0.25) is 9.59 Å². The molecule has 0 saturated carbocycles. The fourth-order valence-electron chi connectivity index (χ4n) is 2.85. The van der Waals surface area contributed by atoms with Crippen LogP contribution >= 0.6 is 0 Å². The van der Waals surface area contributed by atoms with Crippen molar-refractivity contribution in [3.63, 3.8) is 0 Å². The number of rotatable bonds is 3. The molecule has 1 amide bonds. The standard InChI is InChI=1S/C18H17NO3/c1-11-7-8-15-14(9-11)18(22,17(21)19-15)10-16(20)13-6-4-3-5-12(13)2/h3-9,22H,10H2,1-2H3,(H,19,21). The third kappa shape index (κ3) is 2.22. The van der Waals surface area contributed by atoms with Crippen LogP contribution in [0.1, 0.15) is 33.5 Å². The largest absolute Gasteiger partial charge is 0.375 e. The fourth-order valence-corrected chi connectivity index (χ4v) is 2.85. The van der Waals surface area contributed by atoms with Crippen LogP contribution in [-0.4, -0.2) is 16.8 Å². The highest BCUT2D eigenvalue weighted by Crippen LogP contribution is 2.39. The normalized spacial score (nSPS) is 19.7. The lowest BCUT2D eigenvalue weighted by Gasteiger charge is -2.20. The summed E-state index contributed by atoms with van der Waals surface area (Å²) < 4.78 is 0. The molecule has 0 radical (unpaired) electrons. The Morgan fingerprint density at radius 1 is 1.18 bits per heavy atom. The summed E-state index contributed by atoms with van der Waals surface area (Å²) >= 11 is 0. The summed E-state index contributed by atoms with van der Waals surface area (Å²) in [5.41, 5.74) is 1.52. The lowest BCUT2D eigenvalue weighted by molar-refractivity contribution is -0.133. The van der Waals surface area contributed by atoms with Crippen LogP contribution in [0.15, 0.2) is 42.5 Å². The van der Waals surface area contributed by atoms with Gasteiger partial charge in [-0.1, -0.05) is 42.0 Å². The Balaban J connectivity index is 1.98. The number of anilines is 1. The molecule has 1 aliphatic rings. The van der Waals surface area contributed by atoms with Crippen molar-refractivity contribution in [2.24, 2.45) is 0 Å². The first kappa shape index (κ1) is 14.5. The molecule has 0 bridgehead atoms. The Kier molecular flexibility index (Phi) is 3.34. The van der Waals surface area contributed by atoms with Gasteiger partial charge in [-0.25, -0.2) is 0 Å². The van der Waals surface area contributed by atoms with Crippen molar-refractivity contribution >= 4 is 17.4 Å². The van der Waals surface area contributed by atoms with Crippen molar-refractivity contribution in [1.29, 1.82) is 0 Å². The fraction of sp³-hybridized carbons (Fsp3) is 0.222.